The lowest BCUT2D eigenvalue weighted by Crippen LogP contribution is -2.33. The van der Waals surface area contributed by atoms with Crippen LogP contribution in [0.15, 0.2) is 65.2 Å². The van der Waals surface area contributed by atoms with E-state index in [1.165, 1.54) is 0 Å². The van der Waals surface area contributed by atoms with Gasteiger partial charge in [0.2, 0.25) is 5.91 Å². The number of nitrogens with one attached hydrogen (secondary N) is 3. The van der Waals surface area contributed by atoms with Crippen molar-refractivity contribution in [1.82, 2.24) is 10.5 Å². The van der Waals surface area contributed by atoms with E-state index < -0.39 is 6.04 Å². The standard InChI is InChI=1S/C21H22N4O3/c1-14-12-19(25-28-14)24-20(26)15(2)23-18-11-7-6-10-17(18)21(27)22-13-16-8-4-3-5-9-16/h3-12,15,23H,13H2,1-2H3,(H,22,27)(H,24,25,26)/t15-/m1/s1. The molecule has 1 aromatic heterocycles. The Kier molecular flexibility index (Phi) is 6.06. The van der Waals surface area contributed by atoms with Crippen LogP contribution in [0.3, 0.4) is 0 Å². The average Bonchev–Trinajstić information content (AvgIpc) is 3.12. The number of anilines is 2. The van der Waals surface area contributed by atoms with Gasteiger partial charge in [-0.1, -0.05) is 47.6 Å². The third-order valence-corrected chi connectivity index (χ3v) is 4.11. The van der Waals surface area contributed by atoms with Crippen molar-refractivity contribution in [2.24, 2.45) is 0 Å². The van der Waals surface area contributed by atoms with E-state index in [0.717, 1.165) is 5.56 Å². The lowest BCUT2D eigenvalue weighted by molar-refractivity contribution is -0.116. The van der Waals surface area contributed by atoms with E-state index in [1.54, 1.807) is 38.1 Å². The molecule has 0 saturated carbocycles. The van der Waals surface area contributed by atoms with Crippen LogP contribution >= 0.6 is 0 Å². The van der Waals surface area contributed by atoms with Gasteiger partial charge in [-0.2, -0.15) is 0 Å². The van der Waals surface area contributed by atoms with Gasteiger partial charge in [0.05, 0.1) is 5.56 Å². The SMILES string of the molecule is Cc1cc(NC(=O)[C@@H](C)Nc2ccccc2C(=O)NCc2ccccc2)no1. The highest BCUT2D eigenvalue weighted by molar-refractivity contribution is 6.01. The van der Waals surface area contributed by atoms with E-state index in [0.29, 0.717) is 29.4 Å². The maximum absolute atomic E-state index is 12.6. The van der Waals surface area contributed by atoms with Crippen molar-refractivity contribution in [2.45, 2.75) is 26.4 Å². The second-order valence-electron chi connectivity index (χ2n) is 6.39. The van der Waals surface area contributed by atoms with E-state index in [1.807, 2.05) is 36.4 Å². The zero-order chi connectivity index (χ0) is 19.9. The molecule has 3 aromatic rings. The molecule has 0 aliphatic carbocycles. The fourth-order valence-corrected chi connectivity index (χ4v) is 2.64. The Morgan fingerprint density at radius 3 is 2.50 bits per heavy atom. The predicted molar refractivity (Wildman–Crippen MR) is 107 cm³/mol. The fourth-order valence-electron chi connectivity index (χ4n) is 2.64. The van der Waals surface area contributed by atoms with Crippen LogP contribution in [0.1, 0.15) is 28.6 Å². The van der Waals surface area contributed by atoms with Gasteiger partial charge in [0.1, 0.15) is 11.8 Å². The third-order valence-electron chi connectivity index (χ3n) is 4.11. The average molecular weight is 378 g/mol. The summed E-state index contributed by atoms with van der Waals surface area (Å²) in [5.41, 5.74) is 2.05. The molecular formula is C21H22N4O3. The summed E-state index contributed by atoms with van der Waals surface area (Å²) in [5.74, 6) is 0.459. The van der Waals surface area contributed by atoms with E-state index in [-0.39, 0.29) is 11.8 Å². The topological polar surface area (TPSA) is 96.3 Å². The molecule has 7 nitrogen and oxygen atoms in total. The molecule has 28 heavy (non-hydrogen) atoms. The van der Waals surface area contributed by atoms with Crippen LogP contribution in [0.2, 0.25) is 0 Å². The van der Waals surface area contributed by atoms with Crippen molar-refractivity contribution in [3.63, 3.8) is 0 Å². The van der Waals surface area contributed by atoms with Gasteiger partial charge >= 0.3 is 0 Å². The molecule has 0 bridgehead atoms. The van der Waals surface area contributed by atoms with Crippen LogP contribution in [0.25, 0.3) is 0 Å². The summed E-state index contributed by atoms with van der Waals surface area (Å²) in [4.78, 5) is 25.0. The molecule has 1 atom stereocenters. The normalized spacial score (nSPS) is 11.5. The number of carbonyl (C=O) groups excluding carboxylic acids is 2. The second kappa shape index (κ2) is 8.85. The minimum absolute atomic E-state index is 0.216. The van der Waals surface area contributed by atoms with Gasteiger partial charge in [0, 0.05) is 18.3 Å². The van der Waals surface area contributed by atoms with Crippen molar-refractivity contribution >= 4 is 23.3 Å². The molecular weight excluding hydrogens is 356 g/mol. The Labute approximate surface area is 163 Å². The number of hydrogen-bond donors (Lipinski definition) is 3. The first-order valence-corrected chi connectivity index (χ1v) is 8.95. The Balaban J connectivity index is 1.64. The van der Waals surface area contributed by atoms with Crippen molar-refractivity contribution < 1.29 is 14.1 Å². The van der Waals surface area contributed by atoms with Gasteiger partial charge < -0.3 is 20.5 Å². The van der Waals surface area contributed by atoms with Gasteiger partial charge in [-0.25, -0.2) is 0 Å². The van der Waals surface area contributed by atoms with E-state index >= 15 is 0 Å². The number of amides is 2. The molecule has 0 fully saturated rings. The van der Waals surface area contributed by atoms with Crippen LogP contribution in [0.4, 0.5) is 11.5 Å². The maximum Gasteiger partial charge on any atom is 0.253 e. The summed E-state index contributed by atoms with van der Waals surface area (Å²) >= 11 is 0. The Morgan fingerprint density at radius 1 is 1.07 bits per heavy atom. The Morgan fingerprint density at radius 2 is 1.79 bits per heavy atom. The summed E-state index contributed by atoms with van der Waals surface area (Å²) in [5, 5.41) is 12.4. The highest BCUT2D eigenvalue weighted by Crippen LogP contribution is 2.17. The number of nitrogens with zero attached hydrogens (tertiary/aromatic N) is 1. The molecule has 2 amide bonds. The summed E-state index contributed by atoms with van der Waals surface area (Å²) in [6, 6.07) is 17.8. The van der Waals surface area contributed by atoms with Crippen molar-refractivity contribution in [2.75, 3.05) is 10.6 Å². The van der Waals surface area contributed by atoms with Crippen LogP contribution in [-0.2, 0) is 11.3 Å². The molecule has 0 spiro atoms. The maximum atomic E-state index is 12.6. The van der Waals surface area contributed by atoms with Gasteiger partial charge in [-0.05, 0) is 31.5 Å². The van der Waals surface area contributed by atoms with Crippen LogP contribution in [0, 0.1) is 6.92 Å². The molecule has 0 unspecified atom stereocenters. The quantitative estimate of drug-likeness (QED) is 0.586. The number of aromatic nitrogens is 1. The number of benzene rings is 2. The number of para-hydroxylation sites is 1. The van der Waals surface area contributed by atoms with Gasteiger partial charge in [0.15, 0.2) is 5.82 Å². The molecule has 0 radical (unpaired) electrons. The number of rotatable bonds is 7. The lowest BCUT2D eigenvalue weighted by atomic mass is 10.1. The molecule has 1 heterocycles. The highest BCUT2D eigenvalue weighted by atomic mass is 16.5. The first-order valence-electron chi connectivity index (χ1n) is 8.95. The van der Waals surface area contributed by atoms with Crippen molar-refractivity contribution in [1.29, 1.82) is 0 Å². The molecule has 0 aliphatic rings. The molecule has 144 valence electrons. The zero-order valence-electron chi connectivity index (χ0n) is 15.7. The summed E-state index contributed by atoms with van der Waals surface area (Å²) in [6.45, 7) is 3.88. The van der Waals surface area contributed by atoms with Gasteiger partial charge in [0.25, 0.3) is 5.91 Å². The molecule has 0 aliphatic heterocycles. The number of carbonyl (C=O) groups is 2. The highest BCUT2D eigenvalue weighted by Gasteiger charge is 2.18. The lowest BCUT2D eigenvalue weighted by Gasteiger charge is -2.17. The van der Waals surface area contributed by atoms with Crippen LogP contribution in [-0.4, -0.2) is 23.0 Å². The Bertz CT molecular complexity index is 953. The second-order valence-corrected chi connectivity index (χ2v) is 6.39. The molecule has 0 saturated heterocycles. The minimum Gasteiger partial charge on any atom is -0.373 e. The summed E-state index contributed by atoms with van der Waals surface area (Å²) in [6.07, 6.45) is 0. The third kappa shape index (κ3) is 4.97. The summed E-state index contributed by atoms with van der Waals surface area (Å²) < 4.78 is 4.94. The predicted octanol–water partition coefficient (Wildman–Crippen LogP) is 3.35. The van der Waals surface area contributed by atoms with Crippen LogP contribution < -0.4 is 16.0 Å². The van der Waals surface area contributed by atoms with E-state index in [4.69, 9.17) is 4.52 Å². The van der Waals surface area contributed by atoms with E-state index in [9.17, 15) is 9.59 Å². The number of aryl methyl sites for hydroxylation is 1. The number of hydrogen-bond acceptors (Lipinski definition) is 5. The first kappa shape index (κ1) is 19.2. The van der Waals surface area contributed by atoms with Gasteiger partial charge in [-0.3, -0.25) is 9.59 Å². The summed E-state index contributed by atoms with van der Waals surface area (Å²) in [7, 11) is 0. The van der Waals surface area contributed by atoms with Crippen molar-refractivity contribution in [3.05, 3.63) is 77.6 Å². The van der Waals surface area contributed by atoms with Gasteiger partial charge in [-0.15, -0.1) is 0 Å². The van der Waals surface area contributed by atoms with E-state index in [2.05, 4.69) is 21.1 Å². The van der Waals surface area contributed by atoms with Crippen LogP contribution in [0.5, 0.6) is 0 Å². The first-order chi connectivity index (χ1) is 13.5. The molecule has 3 rings (SSSR count). The zero-order valence-corrected chi connectivity index (χ0v) is 15.7. The largest absolute Gasteiger partial charge is 0.373 e. The minimum atomic E-state index is -0.583. The molecule has 7 heteroatoms. The molecule has 2 aromatic carbocycles. The fraction of sp³-hybridized carbons (Fsp3) is 0.190. The molecule has 3 N–H and O–H groups in total. The Hall–Kier alpha value is -3.61. The smallest absolute Gasteiger partial charge is 0.253 e. The monoisotopic (exact) mass is 378 g/mol. The van der Waals surface area contributed by atoms with Crippen molar-refractivity contribution in [3.8, 4) is 0 Å².